The Kier molecular flexibility index (Phi) is 3.74. The summed E-state index contributed by atoms with van der Waals surface area (Å²) >= 11 is 0. The van der Waals surface area contributed by atoms with Crippen molar-refractivity contribution >= 4 is 16.6 Å². The first-order chi connectivity index (χ1) is 9.79. The van der Waals surface area contributed by atoms with E-state index in [2.05, 4.69) is 34.0 Å². The summed E-state index contributed by atoms with van der Waals surface area (Å²) in [4.78, 5) is 9.37. The van der Waals surface area contributed by atoms with Crippen LogP contribution in [0.1, 0.15) is 6.42 Å². The Morgan fingerprint density at radius 2 is 2.00 bits per heavy atom. The molecule has 0 amide bonds. The first-order valence-corrected chi connectivity index (χ1v) is 7.15. The largest absolute Gasteiger partial charge is 0.494 e. The summed E-state index contributed by atoms with van der Waals surface area (Å²) in [6, 6.07) is 8.21. The monoisotopic (exact) mass is 271 g/mol. The molecule has 20 heavy (non-hydrogen) atoms. The molecule has 0 radical (unpaired) electrons. The van der Waals surface area contributed by atoms with Gasteiger partial charge in [0.05, 0.1) is 12.6 Å². The minimum atomic E-state index is 0.917. The molecular weight excluding hydrogens is 250 g/mol. The number of aromatic nitrogens is 1. The third kappa shape index (κ3) is 2.43. The smallest absolute Gasteiger partial charge is 0.144 e. The molecule has 0 unspecified atom stereocenters. The van der Waals surface area contributed by atoms with Crippen molar-refractivity contribution in [3.63, 3.8) is 0 Å². The Bertz CT molecular complexity index is 599. The Morgan fingerprint density at radius 3 is 2.85 bits per heavy atom. The van der Waals surface area contributed by atoms with Crippen molar-refractivity contribution in [2.45, 2.75) is 6.42 Å². The van der Waals surface area contributed by atoms with Gasteiger partial charge in [-0.3, -0.25) is 4.98 Å². The van der Waals surface area contributed by atoms with Crippen LogP contribution in [0.3, 0.4) is 0 Å². The van der Waals surface area contributed by atoms with Crippen LogP contribution in [0.4, 0.5) is 5.69 Å². The molecule has 3 rings (SSSR count). The predicted molar refractivity (Wildman–Crippen MR) is 82.6 cm³/mol. The summed E-state index contributed by atoms with van der Waals surface area (Å²) in [7, 11) is 3.92. The highest BCUT2D eigenvalue weighted by Crippen LogP contribution is 2.35. The van der Waals surface area contributed by atoms with E-state index in [0.29, 0.717) is 0 Å². The van der Waals surface area contributed by atoms with E-state index in [1.165, 1.54) is 11.8 Å². The second kappa shape index (κ2) is 5.67. The van der Waals surface area contributed by atoms with E-state index in [-0.39, 0.29) is 0 Å². The van der Waals surface area contributed by atoms with Gasteiger partial charge in [0, 0.05) is 31.2 Å². The van der Waals surface area contributed by atoms with Crippen molar-refractivity contribution in [2.75, 3.05) is 45.2 Å². The van der Waals surface area contributed by atoms with Crippen molar-refractivity contribution in [3.05, 3.63) is 30.5 Å². The SMILES string of the molecule is COc1ccc2cccnc2c1N1CCCN(C)CC1. The van der Waals surface area contributed by atoms with Crippen molar-refractivity contribution in [1.82, 2.24) is 9.88 Å². The highest BCUT2D eigenvalue weighted by Gasteiger charge is 2.19. The highest BCUT2D eigenvalue weighted by molar-refractivity contribution is 5.94. The molecule has 0 N–H and O–H groups in total. The average Bonchev–Trinajstić information content (AvgIpc) is 2.70. The van der Waals surface area contributed by atoms with Gasteiger partial charge in [0.25, 0.3) is 0 Å². The maximum absolute atomic E-state index is 5.58. The molecule has 4 nitrogen and oxygen atoms in total. The third-order valence-electron chi connectivity index (χ3n) is 3.97. The van der Waals surface area contributed by atoms with Gasteiger partial charge >= 0.3 is 0 Å². The summed E-state index contributed by atoms with van der Waals surface area (Å²) in [6.07, 6.45) is 3.03. The van der Waals surface area contributed by atoms with Gasteiger partial charge in [-0.1, -0.05) is 6.07 Å². The lowest BCUT2D eigenvalue weighted by Crippen LogP contribution is -2.29. The van der Waals surface area contributed by atoms with E-state index < -0.39 is 0 Å². The van der Waals surface area contributed by atoms with Crippen LogP contribution >= 0.6 is 0 Å². The normalized spacial score (nSPS) is 17.2. The zero-order valence-corrected chi connectivity index (χ0v) is 12.2. The number of rotatable bonds is 2. The molecule has 0 bridgehead atoms. The van der Waals surface area contributed by atoms with Gasteiger partial charge in [-0.15, -0.1) is 0 Å². The Labute approximate surface area is 120 Å². The molecule has 2 aromatic rings. The molecule has 0 atom stereocenters. The van der Waals surface area contributed by atoms with E-state index in [4.69, 9.17) is 4.74 Å². The van der Waals surface area contributed by atoms with Gasteiger partial charge in [-0.05, 0) is 38.2 Å². The fourth-order valence-corrected chi connectivity index (χ4v) is 2.85. The maximum atomic E-state index is 5.58. The third-order valence-corrected chi connectivity index (χ3v) is 3.97. The average molecular weight is 271 g/mol. The number of methoxy groups -OCH3 is 1. The van der Waals surface area contributed by atoms with Crippen LogP contribution in [0.5, 0.6) is 5.75 Å². The molecule has 1 aromatic carbocycles. The van der Waals surface area contributed by atoms with E-state index in [0.717, 1.165) is 43.1 Å². The first kappa shape index (κ1) is 13.2. The quantitative estimate of drug-likeness (QED) is 0.838. The maximum Gasteiger partial charge on any atom is 0.144 e. The van der Waals surface area contributed by atoms with E-state index in [1.807, 2.05) is 18.3 Å². The van der Waals surface area contributed by atoms with Crippen molar-refractivity contribution in [1.29, 1.82) is 0 Å². The molecule has 2 heterocycles. The van der Waals surface area contributed by atoms with Crippen LogP contribution in [0, 0.1) is 0 Å². The summed E-state index contributed by atoms with van der Waals surface area (Å²) in [5.41, 5.74) is 2.18. The molecule has 0 aliphatic carbocycles. The zero-order chi connectivity index (χ0) is 13.9. The van der Waals surface area contributed by atoms with Gasteiger partial charge in [0.2, 0.25) is 0 Å². The van der Waals surface area contributed by atoms with Crippen LogP contribution in [-0.4, -0.2) is 50.2 Å². The van der Waals surface area contributed by atoms with Gasteiger partial charge in [0.15, 0.2) is 0 Å². The molecule has 1 fully saturated rings. The molecular formula is C16H21N3O. The molecule has 0 saturated carbocycles. The van der Waals surface area contributed by atoms with Crippen LogP contribution in [0.25, 0.3) is 10.9 Å². The second-order valence-corrected chi connectivity index (χ2v) is 5.34. The second-order valence-electron chi connectivity index (χ2n) is 5.34. The van der Waals surface area contributed by atoms with Crippen molar-refractivity contribution in [2.24, 2.45) is 0 Å². The van der Waals surface area contributed by atoms with Gasteiger partial charge in [-0.25, -0.2) is 0 Å². The standard InChI is InChI=1S/C16H21N3O/c1-18-9-4-10-19(12-11-18)16-14(20-2)7-6-13-5-3-8-17-15(13)16/h3,5-8H,4,9-12H2,1-2H3. The first-order valence-electron chi connectivity index (χ1n) is 7.15. The predicted octanol–water partition coefficient (Wildman–Crippen LogP) is 2.39. The number of likely N-dealkylation sites (N-methyl/N-ethyl adjacent to an activating group) is 1. The molecule has 1 aromatic heterocycles. The van der Waals surface area contributed by atoms with E-state index in [1.54, 1.807) is 7.11 Å². The van der Waals surface area contributed by atoms with Crippen LogP contribution < -0.4 is 9.64 Å². The molecule has 1 aliphatic rings. The number of hydrogen-bond donors (Lipinski definition) is 0. The molecule has 1 aliphatic heterocycles. The fraction of sp³-hybridized carbons (Fsp3) is 0.438. The number of ether oxygens (including phenoxy) is 1. The summed E-state index contributed by atoms with van der Waals surface area (Å²) in [5.74, 6) is 0.917. The minimum absolute atomic E-state index is 0.917. The molecule has 4 heteroatoms. The summed E-state index contributed by atoms with van der Waals surface area (Å²) in [6.45, 7) is 4.29. The number of pyridine rings is 1. The topological polar surface area (TPSA) is 28.6 Å². The Hall–Kier alpha value is -1.81. The minimum Gasteiger partial charge on any atom is -0.494 e. The van der Waals surface area contributed by atoms with Crippen LogP contribution in [0.15, 0.2) is 30.5 Å². The number of fused-ring (bicyclic) bond motifs is 1. The lowest BCUT2D eigenvalue weighted by molar-refractivity contribution is 0.360. The van der Waals surface area contributed by atoms with Crippen LogP contribution in [0.2, 0.25) is 0 Å². The number of anilines is 1. The lowest BCUT2D eigenvalue weighted by atomic mass is 10.1. The van der Waals surface area contributed by atoms with Crippen LogP contribution in [-0.2, 0) is 0 Å². The van der Waals surface area contributed by atoms with Gasteiger partial charge in [0.1, 0.15) is 11.4 Å². The summed E-state index contributed by atoms with van der Waals surface area (Å²) < 4.78 is 5.58. The molecule has 106 valence electrons. The molecule has 0 spiro atoms. The van der Waals surface area contributed by atoms with Crippen molar-refractivity contribution in [3.8, 4) is 5.75 Å². The zero-order valence-electron chi connectivity index (χ0n) is 12.2. The lowest BCUT2D eigenvalue weighted by Gasteiger charge is -2.25. The summed E-state index contributed by atoms with van der Waals surface area (Å²) in [5, 5.41) is 1.17. The number of benzene rings is 1. The van der Waals surface area contributed by atoms with Gasteiger partial charge < -0.3 is 14.5 Å². The molecule has 1 saturated heterocycles. The number of hydrogen-bond acceptors (Lipinski definition) is 4. The van der Waals surface area contributed by atoms with E-state index in [9.17, 15) is 0 Å². The van der Waals surface area contributed by atoms with Crippen molar-refractivity contribution < 1.29 is 4.74 Å². The van der Waals surface area contributed by atoms with Gasteiger partial charge in [-0.2, -0.15) is 0 Å². The highest BCUT2D eigenvalue weighted by atomic mass is 16.5. The van der Waals surface area contributed by atoms with E-state index >= 15 is 0 Å². The number of nitrogens with zero attached hydrogens (tertiary/aromatic N) is 3. The Morgan fingerprint density at radius 1 is 1.10 bits per heavy atom. The Balaban J connectivity index is 2.08. The fourth-order valence-electron chi connectivity index (χ4n) is 2.85.